The molecule has 0 aliphatic heterocycles. The van der Waals surface area contributed by atoms with E-state index in [0.717, 1.165) is 11.3 Å². The number of rotatable bonds is 7. The van der Waals surface area contributed by atoms with Gasteiger partial charge in [0, 0.05) is 21.8 Å². The largest absolute Gasteiger partial charge is 0.496 e. The van der Waals surface area contributed by atoms with E-state index in [1.54, 1.807) is 32.0 Å². The van der Waals surface area contributed by atoms with Gasteiger partial charge in [-0.25, -0.2) is 0 Å². The molecule has 1 amide bonds. The average molecular weight is 394 g/mol. The van der Waals surface area contributed by atoms with Crippen molar-refractivity contribution < 1.29 is 14.3 Å². The van der Waals surface area contributed by atoms with Crippen LogP contribution in [0.1, 0.15) is 21.5 Å². The highest BCUT2D eigenvalue weighted by atomic mass is 32.2. The van der Waals surface area contributed by atoms with Crippen LogP contribution in [0.25, 0.3) is 0 Å². The lowest BCUT2D eigenvalue weighted by Gasteiger charge is -2.13. The van der Waals surface area contributed by atoms with Gasteiger partial charge >= 0.3 is 0 Å². The third-order valence-corrected chi connectivity index (χ3v) is 5.37. The number of hydrogen-bond acceptors (Lipinski definition) is 4. The molecule has 0 aliphatic rings. The van der Waals surface area contributed by atoms with Crippen LogP contribution < -0.4 is 14.8 Å². The van der Waals surface area contributed by atoms with E-state index in [0.29, 0.717) is 22.8 Å². The van der Waals surface area contributed by atoms with Crippen molar-refractivity contribution in [2.45, 2.75) is 17.6 Å². The minimum Gasteiger partial charge on any atom is -0.496 e. The smallest absolute Gasteiger partial charge is 0.255 e. The second-order valence-corrected chi connectivity index (χ2v) is 7.33. The number of aryl methyl sites for hydroxylation is 1. The Morgan fingerprint density at radius 2 is 1.64 bits per heavy atom. The van der Waals surface area contributed by atoms with Crippen molar-refractivity contribution in [2.24, 2.45) is 0 Å². The number of ether oxygens (including phenoxy) is 2. The number of carbonyl (C=O) groups is 1. The van der Waals surface area contributed by atoms with Crippen molar-refractivity contribution in [1.82, 2.24) is 0 Å². The summed E-state index contributed by atoms with van der Waals surface area (Å²) in [6.07, 6.45) is 0. The highest BCUT2D eigenvalue weighted by Crippen LogP contribution is 2.30. The summed E-state index contributed by atoms with van der Waals surface area (Å²) in [5.74, 6) is 1.92. The normalized spacial score (nSPS) is 10.4. The van der Waals surface area contributed by atoms with E-state index in [-0.39, 0.29) is 5.91 Å². The van der Waals surface area contributed by atoms with E-state index in [1.165, 1.54) is 10.5 Å². The summed E-state index contributed by atoms with van der Waals surface area (Å²) >= 11 is 1.71. The Morgan fingerprint density at radius 1 is 0.929 bits per heavy atom. The van der Waals surface area contributed by atoms with E-state index in [2.05, 4.69) is 36.5 Å². The van der Waals surface area contributed by atoms with Gasteiger partial charge in [-0.05, 0) is 49.4 Å². The maximum atomic E-state index is 12.7. The zero-order valence-electron chi connectivity index (χ0n) is 16.2. The van der Waals surface area contributed by atoms with Gasteiger partial charge in [-0.2, -0.15) is 0 Å². The Bertz CT molecular complexity index is 954. The van der Waals surface area contributed by atoms with E-state index in [1.807, 2.05) is 36.4 Å². The van der Waals surface area contributed by atoms with Crippen LogP contribution in [0.15, 0.2) is 71.6 Å². The van der Waals surface area contributed by atoms with Gasteiger partial charge in [-0.15, -0.1) is 11.8 Å². The molecule has 4 nitrogen and oxygen atoms in total. The molecule has 0 bridgehead atoms. The summed E-state index contributed by atoms with van der Waals surface area (Å²) in [5, 5.41) is 2.91. The molecule has 28 heavy (non-hydrogen) atoms. The molecule has 0 radical (unpaired) electrons. The first kappa shape index (κ1) is 19.8. The predicted molar refractivity (Wildman–Crippen MR) is 115 cm³/mol. The van der Waals surface area contributed by atoms with Crippen molar-refractivity contribution in [3.05, 3.63) is 83.4 Å². The number of thioether (sulfide) groups is 1. The van der Waals surface area contributed by atoms with Crippen LogP contribution >= 0.6 is 11.8 Å². The van der Waals surface area contributed by atoms with Crippen molar-refractivity contribution in [3.8, 4) is 11.5 Å². The summed E-state index contributed by atoms with van der Waals surface area (Å²) < 4.78 is 10.8. The fourth-order valence-electron chi connectivity index (χ4n) is 2.77. The molecule has 5 heteroatoms. The van der Waals surface area contributed by atoms with Crippen molar-refractivity contribution in [3.63, 3.8) is 0 Å². The molecule has 3 rings (SSSR count). The molecule has 144 valence electrons. The number of amides is 1. The summed E-state index contributed by atoms with van der Waals surface area (Å²) in [5.41, 5.74) is 3.42. The van der Waals surface area contributed by atoms with Gasteiger partial charge in [0.2, 0.25) is 0 Å². The van der Waals surface area contributed by atoms with Crippen LogP contribution in [0.5, 0.6) is 11.5 Å². The van der Waals surface area contributed by atoms with Crippen LogP contribution in [0, 0.1) is 6.92 Å². The van der Waals surface area contributed by atoms with Gasteiger partial charge in [0.1, 0.15) is 11.5 Å². The topological polar surface area (TPSA) is 47.6 Å². The van der Waals surface area contributed by atoms with Gasteiger partial charge in [-0.3, -0.25) is 4.79 Å². The number of nitrogens with one attached hydrogen (secondary N) is 1. The monoisotopic (exact) mass is 393 g/mol. The lowest BCUT2D eigenvalue weighted by molar-refractivity contribution is 0.102. The molecule has 3 aromatic rings. The Morgan fingerprint density at radius 3 is 2.36 bits per heavy atom. The second kappa shape index (κ2) is 9.33. The molecule has 3 aromatic carbocycles. The lowest BCUT2D eigenvalue weighted by Crippen LogP contribution is -2.13. The summed E-state index contributed by atoms with van der Waals surface area (Å²) in [6, 6.07) is 21.2. The van der Waals surface area contributed by atoms with Gasteiger partial charge < -0.3 is 14.8 Å². The van der Waals surface area contributed by atoms with Crippen LogP contribution in [-0.2, 0) is 5.75 Å². The van der Waals surface area contributed by atoms with Crippen LogP contribution in [0.2, 0.25) is 0 Å². The number of hydrogen-bond donors (Lipinski definition) is 1. The first-order chi connectivity index (χ1) is 13.6. The van der Waals surface area contributed by atoms with Crippen molar-refractivity contribution >= 4 is 23.4 Å². The fraction of sp³-hybridized carbons (Fsp3) is 0.174. The SMILES string of the molecule is COc1ccc(C(=O)Nc2ccccc2OC)cc1CSc1ccc(C)cc1. The fourth-order valence-corrected chi connectivity index (χ4v) is 3.65. The zero-order valence-corrected chi connectivity index (χ0v) is 17.0. The predicted octanol–water partition coefficient (Wildman–Crippen LogP) is 5.56. The zero-order chi connectivity index (χ0) is 19.9. The summed E-state index contributed by atoms with van der Waals surface area (Å²) in [4.78, 5) is 13.9. The van der Waals surface area contributed by atoms with Crippen molar-refractivity contribution in [2.75, 3.05) is 19.5 Å². The minimum atomic E-state index is -0.186. The quantitative estimate of drug-likeness (QED) is 0.534. The molecule has 0 heterocycles. The van der Waals surface area contributed by atoms with Gasteiger partial charge in [0.15, 0.2) is 0 Å². The molecule has 1 N–H and O–H groups in total. The molecule has 0 fully saturated rings. The number of carbonyl (C=O) groups excluding carboxylic acids is 1. The Balaban J connectivity index is 1.77. The van der Waals surface area contributed by atoms with Gasteiger partial charge in [0.05, 0.1) is 19.9 Å². The third-order valence-electron chi connectivity index (χ3n) is 4.31. The Labute approximate surface area is 169 Å². The molecule has 0 aliphatic carbocycles. The number of para-hydroxylation sites is 2. The highest BCUT2D eigenvalue weighted by molar-refractivity contribution is 7.98. The first-order valence-corrected chi connectivity index (χ1v) is 9.90. The molecule has 0 saturated heterocycles. The third kappa shape index (κ3) is 4.87. The first-order valence-electron chi connectivity index (χ1n) is 8.91. The molecule has 0 aromatic heterocycles. The molecule has 0 unspecified atom stereocenters. The molecule has 0 saturated carbocycles. The number of methoxy groups -OCH3 is 2. The summed E-state index contributed by atoms with van der Waals surface area (Å²) in [6.45, 7) is 2.07. The molecular weight excluding hydrogens is 370 g/mol. The second-order valence-electron chi connectivity index (χ2n) is 6.28. The van der Waals surface area contributed by atoms with E-state index < -0.39 is 0 Å². The minimum absolute atomic E-state index is 0.186. The molecule has 0 spiro atoms. The standard InChI is InChI=1S/C23H23NO3S/c1-16-8-11-19(12-9-16)28-15-18-14-17(10-13-21(18)26-2)23(25)24-20-6-4-5-7-22(20)27-3/h4-14H,15H2,1-3H3,(H,24,25). The number of anilines is 1. The Hall–Kier alpha value is -2.92. The molecule has 0 atom stereocenters. The van der Waals surface area contributed by atoms with E-state index in [9.17, 15) is 4.79 Å². The lowest BCUT2D eigenvalue weighted by atomic mass is 10.1. The van der Waals surface area contributed by atoms with E-state index >= 15 is 0 Å². The van der Waals surface area contributed by atoms with Crippen LogP contribution in [0.3, 0.4) is 0 Å². The van der Waals surface area contributed by atoms with Crippen molar-refractivity contribution in [1.29, 1.82) is 0 Å². The number of benzene rings is 3. The van der Waals surface area contributed by atoms with E-state index in [4.69, 9.17) is 9.47 Å². The molecular formula is C23H23NO3S. The Kier molecular flexibility index (Phi) is 6.61. The van der Waals surface area contributed by atoms with Gasteiger partial charge in [-0.1, -0.05) is 29.8 Å². The van der Waals surface area contributed by atoms with Crippen LogP contribution in [0.4, 0.5) is 5.69 Å². The highest BCUT2D eigenvalue weighted by Gasteiger charge is 2.13. The van der Waals surface area contributed by atoms with Crippen LogP contribution in [-0.4, -0.2) is 20.1 Å². The van der Waals surface area contributed by atoms with Gasteiger partial charge in [0.25, 0.3) is 5.91 Å². The average Bonchev–Trinajstić information content (AvgIpc) is 2.73. The summed E-state index contributed by atoms with van der Waals surface area (Å²) in [7, 11) is 3.22. The maximum Gasteiger partial charge on any atom is 0.255 e. The maximum absolute atomic E-state index is 12.7.